The third-order valence-electron chi connectivity index (χ3n) is 5.82. The minimum atomic E-state index is -2.42. The minimum absolute atomic E-state index is 0.888. The molecule has 3 heteroatoms. The Kier molecular flexibility index (Phi) is 4.10. The van der Waals surface area contributed by atoms with Crippen LogP contribution in [0.25, 0.3) is 0 Å². The van der Waals surface area contributed by atoms with Crippen molar-refractivity contribution in [3.63, 3.8) is 0 Å². The van der Waals surface area contributed by atoms with Gasteiger partial charge in [-0.2, -0.15) is 0 Å². The molecule has 0 amide bonds. The molecule has 136 valence electrons. The van der Waals surface area contributed by atoms with E-state index in [2.05, 4.69) is 125 Å². The predicted octanol–water partition coefficient (Wildman–Crippen LogP) is 2.87. The molecule has 0 aliphatic carbocycles. The molecule has 0 N–H and O–H groups in total. The smallest absolute Gasteiger partial charge is 0.286 e. The maximum atomic E-state index is 2.62. The standard InChI is InChI=1S/C25H23N2Si/c1-21-17-18-22-19-26(20-27(21)22)28(23-11-5-2-6-12-23,24-13-7-3-8-14-24)25-15-9-4-10-16-25/h2-19H,20H2,1H3/q+1. The lowest BCUT2D eigenvalue weighted by atomic mass is 10.3. The monoisotopic (exact) mass is 379 g/mol. The number of rotatable bonds is 4. The Morgan fingerprint density at radius 1 is 0.643 bits per heavy atom. The Hall–Kier alpha value is -3.17. The summed E-state index contributed by atoms with van der Waals surface area (Å²) < 4.78 is 5.03. The summed E-state index contributed by atoms with van der Waals surface area (Å²) in [6.07, 6.45) is 2.37. The van der Waals surface area contributed by atoms with Crippen LogP contribution < -0.4 is 15.6 Å². The summed E-state index contributed by atoms with van der Waals surface area (Å²) in [4.78, 5) is 0. The van der Waals surface area contributed by atoms with Gasteiger partial charge in [-0.25, -0.2) is 0 Å². The van der Waals surface area contributed by atoms with E-state index in [-0.39, 0.29) is 0 Å². The van der Waals surface area contributed by atoms with Crippen LogP contribution in [-0.4, -0.2) is 23.3 Å². The molecule has 3 aromatic carbocycles. The molecule has 1 aromatic heterocycles. The average Bonchev–Trinajstić information content (AvgIpc) is 3.33. The predicted molar refractivity (Wildman–Crippen MR) is 119 cm³/mol. The van der Waals surface area contributed by atoms with Crippen molar-refractivity contribution in [1.29, 1.82) is 0 Å². The van der Waals surface area contributed by atoms with E-state index in [4.69, 9.17) is 0 Å². The third kappa shape index (κ3) is 2.51. The molecule has 0 atom stereocenters. The molecule has 4 aromatic rings. The third-order valence-corrected chi connectivity index (χ3v) is 10.5. The molecule has 0 unspecified atom stereocenters. The molecule has 2 heterocycles. The first kappa shape index (κ1) is 17.0. The van der Waals surface area contributed by atoms with Crippen LogP contribution in [0, 0.1) is 6.92 Å². The molecule has 0 radical (unpaired) electrons. The first-order valence-electron chi connectivity index (χ1n) is 9.74. The summed E-state index contributed by atoms with van der Waals surface area (Å²) >= 11 is 0. The van der Waals surface area contributed by atoms with Crippen LogP contribution >= 0.6 is 0 Å². The molecule has 0 spiro atoms. The Labute approximate surface area is 167 Å². The highest BCUT2D eigenvalue weighted by Crippen LogP contribution is 2.18. The second kappa shape index (κ2) is 6.77. The van der Waals surface area contributed by atoms with E-state index < -0.39 is 8.24 Å². The van der Waals surface area contributed by atoms with Crippen LogP contribution in [0.2, 0.25) is 0 Å². The van der Waals surface area contributed by atoms with Crippen LogP contribution in [-0.2, 0) is 6.67 Å². The Balaban J connectivity index is 1.84. The molecule has 28 heavy (non-hydrogen) atoms. The van der Waals surface area contributed by atoms with Crippen molar-refractivity contribution in [2.24, 2.45) is 0 Å². The summed E-state index contributed by atoms with van der Waals surface area (Å²) in [6.45, 7) is 3.08. The van der Waals surface area contributed by atoms with E-state index in [1.54, 1.807) is 0 Å². The van der Waals surface area contributed by atoms with E-state index in [0.717, 1.165) is 6.67 Å². The van der Waals surface area contributed by atoms with Gasteiger partial charge in [-0.3, -0.25) is 8.81 Å². The van der Waals surface area contributed by atoms with Crippen molar-refractivity contribution >= 4 is 30.0 Å². The maximum Gasteiger partial charge on any atom is 0.458 e. The van der Waals surface area contributed by atoms with Crippen molar-refractivity contribution in [2.45, 2.75) is 13.6 Å². The number of benzene rings is 3. The summed E-state index contributed by atoms with van der Waals surface area (Å²) in [5.74, 6) is 0. The molecule has 1 aliphatic rings. The fourth-order valence-electron chi connectivity index (χ4n) is 4.49. The molecular weight excluding hydrogens is 356 g/mol. The maximum absolute atomic E-state index is 2.62. The van der Waals surface area contributed by atoms with Crippen molar-refractivity contribution in [3.8, 4) is 0 Å². The minimum Gasteiger partial charge on any atom is -0.286 e. The zero-order chi connectivity index (χ0) is 19.0. The van der Waals surface area contributed by atoms with Gasteiger partial charge >= 0.3 is 8.24 Å². The number of hydrogen-bond donors (Lipinski definition) is 0. The van der Waals surface area contributed by atoms with Crippen molar-refractivity contribution < 1.29 is 4.24 Å². The normalized spacial score (nSPS) is 13.2. The zero-order valence-corrected chi connectivity index (χ0v) is 17.0. The van der Waals surface area contributed by atoms with E-state index in [1.807, 2.05) is 0 Å². The highest BCUT2D eigenvalue weighted by Gasteiger charge is 2.55. The lowest BCUT2D eigenvalue weighted by Gasteiger charge is -2.27. The van der Waals surface area contributed by atoms with E-state index in [1.165, 1.54) is 26.9 Å². The average molecular weight is 380 g/mol. The van der Waals surface area contributed by atoms with Gasteiger partial charge in [-0.1, -0.05) is 91.0 Å². The number of hydrogen-bond acceptors (Lipinski definition) is 0. The van der Waals surface area contributed by atoms with Crippen LogP contribution in [0.1, 0.15) is 11.4 Å². The number of aryl methyl sites for hydroxylation is 1. The van der Waals surface area contributed by atoms with Gasteiger partial charge in [0.05, 0.1) is 0 Å². The molecule has 0 bridgehead atoms. The Bertz CT molecular complexity index is 1030. The van der Waals surface area contributed by atoms with Crippen LogP contribution in [0.15, 0.2) is 103 Å². The molecule has 2 nitrogen and oxygen atoms in total. The fraction of sp³-hybridized carbons (Fsp3) is 0.0800. The quantitative estimate of drug-likeness (QED) is 0.381. The van der Waals surface area contributed by atoms with Gasteiger partial charge in [0, 0.05) is 21.3 Å². The van der Waals surface area contributed by atoms with Gasteiger partial charge in [0.1, 0.15) is 5.69 Å². The molecular formula is C25H23N2Si+. The molecule has 0 fully saturated rings. The highest BCUT2D eigenvalue weighted by molar-refractivity contribution is 7.06. The van der Waals surface area contributed by atoms with Crippen LogP contribution in [0.3, 0.4) is 0 Å². The van der Waals surface area contributed by atoms with Gasteiger partial charge < -0.3 is 0 Å². The number of fused-ring (bicyclic) bond motifs is 1. The topological polar surface area (TPSA) is 7.94 Å². The van der Waals surface area contributed by atoms with Gasteiger partial charge in [-0.15, -0.1) is 0 Å². The largest absolute Gasteiger partial charge is 0.458 e. The summed E-state index contributed by atoms with van der Waals surface area (Å²) in [5.41, 5.74) is 2.60. The molecule has 5 rings (SSSR count). The zero-order valence-electron chi connectivity index (χ0n) is 16.0. The summed E-state index contributed by atoms with van der Waals surface area (Å²) in [6, 6.07) is 37.6. The highest BCUT2D eigenvalue weighted by atomic mass is 28.3. The first-order valence-corrected chi connectivity index (χ1v) is 11.7. The number of aromatic nitrogens is 1. The molecule has 0 saturated carbocycles. The Morgan fingerprint density at radius 3 is 1.54 bits per heavy atom. The van der Waals surface area contributed by atoms with Gasteiger partial charge in [0.2, 0.25) is 6.67 Å². The lowest BCUT2D eigenvalue weighted by molar-refractivity contribution is -0.416. The fourth-order valence-corrected chi connectivity index (χ4v) is 9.19. The van der Waals surface area contributed by atoms with Crippen molar-refractivity contribution in [3.05, 3.63) is 115 Å². The second-order valence-electron chi connectivity index (χ2n) is 7.38. The van der Waals surface area contributed by atoms with Gasteiger partial charge in [0.15, 0.2) is 6.21 Å². The second-order valence-corrected chi connectivity index (χ2v) is 11.1. The van der Waals surface area contributed by atoms with Crippen molar-refractivity contribution in [1.82, 2.24) is 4.57 Å². The van der Waals surface area contributed by atoms with Crippen LogP contribution in [0.5, 0.6) is 0 Å². The van der Waals surface area contributed by atoms with Crippen LogP contribution in [0.4, 0.5) is 0 Å². The van der Waals surface area contributed by atoms with Gasteiger partial charge in [0.25, 0.3) is 0 Å². The first-order chi connectivity index (χ1) is 13.8. The number of nitrogens with zero attached hydrogens (tertiary/aromatic N) is 2. The van der Waals surface area contributed by atoms with E-state index in [0.29, 0.717) is 0 Å². The van der Waals surface area contributed by atoms with Gasteiger partial charge in [-0.05, 0) is 19.1 Å². The summed E-state index contributed by atoms with van der Waals surface area (Å²) in [5, 5.41) is 4.23. The molecule has 1 aliphatic heterocycles. The Morgan fingerprint density at radius 2 is 1.11 bits per heavy atom. The van der Waals surface area contributed by atoms with Crippen molar-refractivity contribution in [2.75, 3.05) is 0 Å². The SMILES string of the molecule is Cc1ccc2n1C[N+]([Si](c1ccccc1)(c1ccccc1)c1ccccc1)=C2. The summed E-state index contributed by atoms with van der Waals surface area (Å²) in [7, 11) is -2.42. The van der Waals surface area contributed by atoms with E-state index >= 15 is 0 Å². The lowest BCUT2D eigenvalue weighted by Crippen LogP contribution is -2.74. The van der Waals surface area contributed by atoms with E-state index in [9.17, 15) is 0 Å². The molecule has 0 saturated heterocycles.